The molecular formula is C13H19N5O. The molecule has 0 aliphatic heterocycles. The van der Waals surface area contributed by atoms with Gasteiger partial charge in [-0.1, -0.05) is 6.92 Å². The van der Waals surface area contributed by atoms with E-state index in [-0.39, 0.29) is 5.91 Å². The summed E-state index contributed by atoms with van der Waals surface area (Å²) in [6.07, 6.45) is 2.73. The van der Waals surface area contributed by atoms with E-state index in [1.807, 2.05) is 17.6 Å². The topological polar surface area (TPSA) is 77.9 Å². The largest absolute Gasteiger partial charge is 0.397 e. The fraction of sp³-hybridized carbons (Fsp3) is 0.385. The van der Waals surface area contributed by atoms with Gasteiger partial charge >= 0.3 is 0 Å². The maximum Gasteiger partial charge on any atom is 0.273 e. The number of hydrogen-bond acceptors (Lipinski definition) is 3. The van der Waals surface area contributed by atoms with E-state index in [1.54, 1.807) is 24.0 Å². The summed E-state index contributed by atoms with van der Waals surface area (Å²) in [5.41, 5.74) is 7.78. The van der Waals surface area contributed by atoms with Crippen molar-refractivity contribution in [2.24, 2.45) is 7.05 Å². The third-order valence-corrected chi connectivity index (χ3v) is 2.86. The monoisotopic (exact) mass is 261 g/mol. The van der Waals surface area contributed by atoms with Crippen LogP contribution in [0.5, 0.6) is 0 Å². The molecule has 0 saturated carbocycles. The Balaban J connectivity index is 2.22. The number of hydrogen-bond donors (Lipinski definition) is 2. The summed E-state index contributed by atoms with van der Waals surface area (Å²) in [6.45, 7) is 4.71. The second-order valence-electron chi connectivity index (χ2n) is 4.60. The van der Waals surface area contributed by atoms with Gasteiger partial charge in [0.25, 0.3) is 5.91 Å². The number of carbonyl (C=O) groups excluding carboxylic acids is 1. The van der Waals surface area contributed by atoms with Gasteiger partial charge in [-0.3, -0.25) is 9.48 Å². The molecule has 0 saturated heterocycles. The summed E-state index contributed by atoms with van der Waals surface area (Å²) >= 11 is 0. The minimum Gasteiger partial charge on any atom is -0.397 e. The van der Waals surface area contributed by atoms with E-state index in [9.17, 15) is 4.79 Å². The van der Waals surface area contributed by atoms with E-state index >= 15 is 0 Å². The molecule has 102 valence electrons. The number of amides is 1. The number of carbonyl (C=O) groups is 1. The van der Waals surface area contributed by atoms with Crippen molar-refractivity contribution < 1.29 is 4.79 Å². The molecule has 2 aromatic heterocycles. The van der Waals surface area contributed by atoms with Crippen molar-refractivity contribution >= 4 is 17.4 Å². The van der Waals surface area contributed by atoms with Gasteiger partial charge in [0, 0.05) is 25.9 Å². The number of rotatable bonds is 4. The summed E-state index contributed by atoms with van der Waals surface area (Å²) < 4.78 is 3.51. The molecule has 6 nitrogen and oxygen atoms in total. The van der Waals surface area contributed by atoms with Gasteiger partial charge in [-0.05, 0) is 19.4 Å². The lowest BCUT2D eigenvalue weighted by atomic mass is 10.3. The van der Waals surface area contributed by atoms with Crippen LogP contribution in [0, 0.1) is 6.92 Å². The van der Waals surface area contributed by atoms with Crippen LogP contribution in [-0.4, -0.2) is 20.3 Å². The molecule has 2 aromatic rings. The molecule has 0 bridgehead atoms. The lowest BCUT2D eigenvalue weighted by molar-refractivity contribution is 0.101. The first kappa shape index (κ1) is 13.2. The van der Waals surface area contributed by atoms with Gasteiger partial charge in [-0.25, -0.2) is 0 Å². The van der Waals surface area contributed by atoms with Crippen LogP contribution in [0.3, 0.4) is 0 Å². The standard InChI is InChI=1S/C13H19N5O/c1-4-5-18-8-10(14)7-11(18)13(19)15-12-6-9(2)16-17(12)3/h6-8H,4-5,14H2,1-3H3,(H,15,19). The summed E-state index contributed by atoms with van der Waals surface area (Å²) in [6, 6.07) is 3.52. The van der Waals surface area contributed by atoms with Crippen molar-refractivity contribution in [1.29, 1.82) is 0 Å². The Bertz CT molecular complexity index is 596. The second kappa shape index (κ2) is 5.17. The number of aryl methyl sites for hydroxylation is 3. The predicted octanol–water partition coefficient (Wildman–Crippen LogP) is 1.77. The number of nitrogens with two attached hydrogens (primary N) is 1. The molecule has 19 heavy (non-hydrogen) atoms. The molecule has 2 rings (SSSR count). The first-order valence-electron chi connectivity index (χ1n) is 6.29. The molecule has 6 heteroatoms. The smallest absolute Gasteiger partial charge is 0.273 e. The molecule has 0 aliphatic carbocycles. The van der Waals surface area contributed by atoms with E-state index in [0.717, 1.165) is 18.7 Å². The molecule has 0 fully saturated rings. The van der Waals surface area contributed by atoms with Crippen molar-refractivity contribution in [3.63, 3.8) is 0 Å². The van der Waals surface area contributed by atoms with E-state index in [2.05, 4.69) is 17.3 Å². The van der Waals surface area contributed by atoms with Crippen LogP contribution in [0.15, 0.2) is 18.3 Å². The minimum atomic E-state index is -0.173. The van der Waals surface area contributed by atoms with Crippen LogP contribution in [-0.2, 0) is 13.6 Å². The number of nitrogens with one attached hydrogen (secondary N) is 1. The predicted molar refractivity (Wildman–Crippen MR) is 75.0 cm³/mol. The molecule has 2 heterocycles. The zero-order chi connectivity index (χ0) is 14.0. The van der Waals surface area contributed by atoms with Crippen molar-refractivity contribution in [1.82, 2.24) is 14.3 Å². The molecule has 0 atom stereocenters. The highest BCUT2D eigenvalue weighted by Gasteiger charge is 2.14. The van der Waals surface area contributed by atoms with Crippen LogP contribution in [0.4, 0.5) is 11.5 Å². The highest BCUT2D eigenvalue weighted by atomic mass is 16.2. The highest BCUT2D eigenvalue weighted by molar-refractivity contribution is 6.03. The average Bonchev–Trinajstić information content (AvgIpc) is 2.83. The first-order chi connectivity index (χ1) is 9.01. The van der Waals surface area contributed by atoms with Gasteiger partial charge in [0.05, 0.1) is 11.4 Å². The van der Waals surface area contributed by atoms with E-state index in [1.165, 1.54) is 0 Å². The van der Waals surface area contributed by atoms with Gasteiger partial charge in [-0.15, -0.1) is 0 Å². The van der Waals surface area contributed by atoms with Crippen LogP contribution >= 0.6 is 0 Å². The van der Waals surface area contributed by atoms with Crippen molar-refractivity contribution in [2.75, 3.05) is 11.1 Å². The number of nitrogen functional groups attached to an aromatic ring is 1. The molecule has 0 unspecified atom stereocenters. The lowest BCUT2D eigenvalue weighted by Crippen LogP contribution is -2.18. The Morgan fingerprint density at radius 3 is 2.79 bits per heavy atom. The fourth-order valence-corrected chi connectivity index (χ4v) is 2.06. The Morgan fingerprint density at radius 2 is 2.21 bits per heavy atom. The minimum absolute atomic E-state index is 0.173. The maximum absolute atomic E-state index is 12.3. The quantitative estimate of drug-likeness (QED) is 0.880. The normalized spacial score (nSPS) is 10.7. The SMILES string of the molecule is CCCn1cc(N)cc1C(=O)Nc1cc(C)nn1C. The number of aromatic nitrogens is 3. The van der Waals surface area contributed by atoms with Crippen LogP contribution < -0.4 is 11.1 Å². The van der Waals surface area contributed by atoms with Gasteiger partial charge in [0.1, 0.15) is 11.5 Å². The lowest BCUT2D eigenvalue weighted by Gasteiger charge is -2.08. The van der Waals surface area contributed by atoms with Gasteiger partial charge in [0.2, 0.25) is 0 Å². The Kier molecular flexibility index (Phi) is 3.59. The molecule has 0 radical (unpaired) electrons. The third kappa shape index (κ3) is 2.78. The molecular weight excluding hydrogens is 242 g/mol. The van der Waals surface area contributed by atoms with E-state index in [0.29, 0.717) is 17.2 Å². The number of anilines is 2. The summed E-state index contributed by atoms with van der Waals surface area (Å²) in [4.78, 5) is 12.3. The van der Waals surface area contributed by atoms with Crippen LogP contribution in [0.25, 0.3) is 0 Å². The van der Waals surface area contributed by atoms with Gasteiger partial charge in [0.15, 0.2) is 0 Å². The third-order valence-electron chi connectivity index (χ3n) is 2.86. The molecule has 0 aliphatic rings. The molecule has 1 amide bonds. The first-order valence-corrected chi connectivity index (χ1v) is 6.29. The summed E-state index contributed by atoms with van der Waals surface area (Å²) in [7, 11) is 1.79. The van der Waals surface area contributed by atoms with Crippen molar-refractivity contribution in [3.8, 4) is 0 Å². The molecule has 0 spiro atoms. The molecule has 3 N–H and O–H groups in total. The zero-order valence-corrected chi connectivity index (χ0v) is 11.5. The second-order valence-corrected chi connectivity index (χ2v) is 4.60. The van der Waals surface area contributed by atoms with E-state index < -0.39 is 0 Å². The Morgan fingerprint density at radius 1 is 1.47 bits per heavy atom. The van der Waals surface area contributed by atoms with Crippen molar-refractivity contribution in [3.05, 3.63) is 29.7 Å². The Labute approximate surface area is 112 Å². The zero-order valence-electron chi connectivity index (χ0n) is 11.5. The Hall–Kier alpha value is -2.24. The van der Waals surface area contributed by atoms with Crippen LogP contribution in [0.1, 0.15) is 29.5 Å². The highest BCUT2D eigenvalue weighted by Crippen LogP contribution is 2.15. The number of nitrogens with zero attached hydrogens (tertiary/aromatic N) is 3. The van der Waals surface area contributed by atoms with E-state index in [4.69, 9.17) is 5.73 Å². The van der Waals surface area contributed by atoms with Gasteiger partial charge < -0.3 is 15.6 Å². The maximum atomic E-state index is 12.3. The van der Waals surface area contributed by atoms with Crippen molar-refractivity contribution in [2.45, 2.75) is 26.8 Å². The average molecular weight is 261 g/mol. The molecule has 0 aromatic carbocycles. The van der Waals surface area contributed by atoms with Gasteiger partial charge in [-0.2, -0.15) is 5.10 Å². The summed E-state index contributed by atoms with van der Waals surface area (Å²) in [5.74, 6) is 0.499. The summed E-state index contributed by atoms with van der Waals surface area (Å²) in [5, 5.41) is 7.04. The van der Waals surface area contributed by atoms with Crippen LogP contribution in [0.2, 0.25) is 0 Å². The fourth-order valence-electron chi connectivity index (χ4n) is 2.06.